The normalized spacial score (nSPS) is 12.0. The van der Waals surface area contributed by atoms with Gasteiger partial charge in [0.25, 0.3) is 5.91 Å². The number of carbonyl (C=O) groups is 1. The van der Waals surface area contributed by atoms with Gasteiger partial charge in [0, 0.05) is 28.4 Å². The van der Waals surface area contributed by atoms with Crippen LogP contribution < -0.4 is 10.7 Å². The molecule has 0 aliphatic rings. The van der Waals surface area contributed by atoms with Crippen molar-refractivity contribution in [3.63, 3.8) is 0 Å². The van der Waals surface area contributed by atoms with Crippen LogP contribution in [-0.2, 0) is 11.6 Å². The molecule has 1 N–H and O–H groups in total. The van der Waals surface area contributed by atoms with Crippen molar-refractivity contribution in [2.75, 3.05) is 5.32 Å². The van der Waals surface area contributed by atoms with Crippen molar-refractivity contribution < 1.29 is 22.5 Å². The maximum Gasteiger partial charge on any atom is 0.418 e. The molecule has 2 aromatic carbocycles. The molecule has 0 saturated carbocycles. The summed E-state index contributed by atoms with van der Waals surface area (Å²) in [6, 6.07) is 12.3. The average molecular weight is 497 g/mol. The van der Waals surface area contributed by atoms with Gasteiger partial charge in [-0.3, -0.25) is 9.59 Å². The Morgan fingerprint density at radius 2 is 1.69 bits per heavy atom. The average Bonchev–Trinajstić information content (AvgIpc) is 3.30. The molecule has 0 aliphatic carbocycles. The number of carbonyl (C=O) groups excluding carboxylic acids is 1. The van der Waals surface area contributed by atoms with Crippen LogP contribution in [0, 0.1) is 6.92 Å². The third-order valence-corrected chi connectivity index (χ3v) is 5.23. The first-order chi connectivity index (χ1) is 16.8. The summed E-state index contributed by atoms with van der Waals surface area (Å²) >= 11 is 0. The van der Waals surface area contributed by atoms with Gasteiger partial charge in [-0.1, -0.05) is 38.1 Å². The minimum absolute atomic E-state index is 0.146. The Balaban J connectivity index is 1.61. The number of amides is 1. The number of rotatable bonds is 4. The highest BCUT2D eigenvalue weighted by Gasteiger charge is 2.34. The molecule has 2 heterocycles. The summed E-state index contributed by atoms with van der Waals surface area (Å²) in [5.41, 5.74) is -1.68. The second-order valence-corrected chi connectivity index (χ2v) is 9.13. The van der Waals surface area contributed by atoms with Gasteiger partial charge in [0.1, 0.15) is 0 Å². The van der Waals surface area contributed by atoms with E-state index < -0.39 is 28.8 Å². The van der Waals surface area contributed by atoms with Crippen LogP contribution in [0.2, 0.25) is 0 Å². The zero-order valence-corrected chi connectivity index (χ0v) is 19.8. The number of halogens is 3. The molecule has 1 amide bonds. The Morgan fingerprint density at radius 1 is 1.03 bits per heavy atom. The fraction of sp³-hybridized carbons (Fsp3) is 0.240. The molecular weight excluding hydrogens is 475 g/mol. The van der Waals surface area contributed by atoms with E-state index in [1.807, 2.05) is 20.8 Å². The number of para-hydroxylation sites is 1. The Kier molecular flexibility index (Phi) is 6.25. The van der Waals surface area contributed by atoms with Crippen molar-refractivity contribution in [1.82, 2.24) is 19.9 Å². The first-order valence-corrected chi connectivity index (χ1v) is 10.9. The molecule has 186 valence electrons. The third-order valence-electron chi connectivity index (χ3n) is 5.23. The molecule has 0 aliphatic heterocycles. The monoisotopic (exact) mass is 497 g/mol. The first-order valence-electron chi connectivity index (χ1n) is 10.9. The van der Waals surface area contributed by atoms with E-state index in [1.54, 1.807) is 24.3 Å². The second-order valence-electron chi connectivity index (χ2n) is 9.13. The van der Waals surface area contributed by atoms with Crippen LogP contribution in [0.1, 0.15) is 48.4 Å². The van der Waals surface area contributed by atoms with Crippen LogP contribution in [0.25, 0.3) is 17.1 Å². The fourth-order valence-corrected chi connectivity index (χ4v) is 3.38. The minimum atomic E-state index is -4.65. The predicted octanol–water partition coefficient (Wildman–Crippen LogP) is 5.16. The molecule has 36 heavy (non-hydrogen) atoms. The van der Waals surface area contributed by atoms with Crippen LogP contribution in [-0.4, -0.2) is 25.8 Å². The van der Waals surface area contributed by atoms with Gasteiger partial charge in [0.2, 0.25) is 17.1 Å². The summed E-state index contributed by atoms with van der Waals surface area (Å²) < 4.78 is 46.8. The molecule has 4 aromatic rings. The maximum absolute atomic E-state index is 13.5. The highest BCUT2D eigenvalue weighted by atomic mass is 19.4. The molecule has 0 saturated heterocycles. The number of aromatic nitrogens is 4. The number of anilines is 1. The molecule has 4 rings (SSSR count). The van der Waals surface area contributed by atoms with Crippen molar-refractivity contribution in [2.45, 2.75) is 39.3 Å². The number of benzene rings is 2. The molecule has 11 heteroatoms. The lowest BCUT2D eigenvalue weighted by Gasteiger charge is -2.16. The lowest BCUT2D eigenvalue weighted by Crippen LogP contribution is -2.27. The fourth-order valence-electron chi connectivity index (χ4n) is 3.38. The van der Waals surface area contributed by atoms with Gasteiger partial charge in [0.15, 0.2) is 5.69 Å². The van der Waals surface area contributed by atoms with E-state index in [2.05, 4.69) is 20.6 Å². The molecular formula is C25H22F3N5O3. The first kappa shape index (κ1) is 24.8. The Bertz CT molecular complexity index is 1480. The largest absolute Gasteiger partial charge is 0.418 e. The standard InChI is InChI=1S/C25H22F3N5O3/c1-14-13-19(34)20(31-33(14)18-8-6-5-7-17(18)25(26,27)28)22(35)29-16-11-9-15(10-12-16)21-30-23(36-32-21)24(2,3)4/h5-13H,1-4H3,(H,29,35). The van der Waals surface area contributed by atoms with E-state index in [9.17, 15) is 22.8 Å². The molecule has 2 aromatic heterocycles. The quantitative estimate of drug-likeness (QED) is 0.418. The second kappa shape index (κ2) is 9.06. The van der Waals surface area contributed by atoms with E-state index in [1.165, 1.54) is 25.1 Å². The minimum Gasteiger partial charge on any atom is -0.338 e. The lowest BCUT2D eigenvalue weighted by atomic mass is 9.97. The van der Waals surface area contributed by atoms with E-state index in [0.29, 0.717) is 23.0 Å². The lowest BCUT2D eigenvalue weighted by molar-refractivity contribution is -0.137. The summed E-state index contributed by atoms with van der Waals surface area (Å²) in [5.74, 6) is -0.00603. The molecule has 0 atom stereocenters. The third kappa shape index (κ3) is 5.04. The van der Waals surface area contributed by atoms with Crippen LogP contribution in [0.4, 0.5) is 18.9 Å². The highest BCUT2D eigenvalue weighted by molar-refractivity contribution is 6.02. The van der Waals surface area contributed by atoms with Crippen molar-refractivity contribution in [1.29, 1.82) is 0 Å². The molecule has 0 spiro atoms. The molecule has 0 bridgehead atoms. The van der Waals surface area contributed by atoms with E-state index in [0.717, 1.165) is 16.8 Å². The molecule has 0 unspecified atom stereocenters. The van der Waals surface area contributed by atoms with Gasteiger partial charge in [-0.2, -0.15) is 23.3 Å². The Morgan fingerprint density at radius 3 is 2.31 bits per heavy atom. The summed E-state index contributed by atoms with van der Waals surface area (Å²) in [5, 5.41) is 10.5. The summed E-state index contributed by atoms with van der Waals surface area (Å²) in [6.45, 7) is 7.26. The highest BCUT2D eigenvalue weighted by Crippen LogP contribution is 2.33. The van der Waals surface area contributed by atoms with Crippen molar-refractivity contribution in [2.24, 2.45) is 0 Å². The Hall–Kier alpha value is -4.28. The smallest absolute Gasteiger partial charge is 0.338 e. The Labute approximate surface area is 203 Å². The molecule has 8 nitrogen and oxygen atoms in total. The van der Waals surface area contributed by atoms with E-state index in [4.69, 9.17) is 4.52 Å². The van der Waals surface area contributed by atoms with Crippen LogP contribution in [0.3, 0.4) is 0 Å². The van der Waals surface area contributed by atoms with Gasteiger partial charge >= 0.3 is 6.18 Å². The van der Waals surface area contributed by atoms with Crippen molar-refractivity contribution >= 4 is 11.6 Å². The van der Waals surface area contributed by atoms with E-state index in [-0.39, 0.29) is 16.8 Å². The van der Waals surface area contributed by atoms with Crippen molar-refractivity contribution in [3.8, 4) is 17.1 Å². The van der Waals surface area contributed by atoms with E-state index >= 15 is 0 Å². The number of nitrogens with one attached hydrogen (secondary N) is 1. The number of aryl methyl sites for hydroxylation is 1. The topological polar surface area (TPSA) is 103 Å². The summed E-state index contributed by atoms with van der Waals surface area (Å²) in [7, 11) is 0. The SMILES string of the molecule is Cc1cc(=O)c(C(=O)Nc2ccc(-c3noc(C(C)(C)C)n3)cc2)nn1-c1ccccc1C(F)(F)F. The zero-order valence-electron chi connectivity index (χ0n) is 19.8. The van der Waals surface area contributed by atoms with Crippen LogP contribution in [0.15, 0.2) is 63.9 Å². The van der Waals surface area contributed by atoms with Gasteiger partial charge in [-0.15, -0.1) is 0 Å². The van der Waals surface area contributed by atoms with Gasteiger partial charge in [-0.25, -0.2) is 4.68 Å². The maximum atomic E-state index is 13.5. The van der Waals surface area contributed by atoms with Crippen molar-refractivity contribution in [3.05, 3.63) is 87.7 Å². The molecule has 0 fully saturated rings. The summed E-state index contributed by atoms with van der Waals surface area (Å²) in [4.78, 5) is 29.7. The number of hydrogen-bond donors (Lipinski definition) is 1. The van der Waals surface area contributed by atoms with Gasteiger partial charge < -0.3 is 9.84 Å². The van der Waals surface area contributed by atoms with Gasteiger partial charge in [0.05, 0.1) is 11.3 Å². The predicted molar refractivity (Wildman–Crippen MR) is 126 cm³/mol. The van der Waals surface area contributed by atoms with Crippen LogP contribution in [0.5, 0.6) is 0 Å². The number of alkyl halides is 3. The zero-order chi connectivity index (χ0) is 26.3. The number of nitrogens with zero attached hydrogens (tertiary/aromatic N) is 4. The van der Waals surface area contributed by atoms with Gasteiger partial charge in [-0.05, 0) is 43.3 Å². The number of hydrogen-bond acceptors (Lipinski definition) is 6. The molecule has 0 radical (unpaired) electrons. The summed E-state index contributed by atoms with van der Waals surface area (Å²) in [6.07, 6.45) is -4.65. The van der Waals surface area contributed by atoms with Crippen LogP contribution >= 0.6 is 0 Å².